The standard InChI is InChI=1S/C10H4FN3O3/c11-6-2-1-3-7(5(6)4-12)14-9(16)8(15)13-10(14)17/h1-3H,(H,13,15,17). The Balaban J connectivity index is 2.60. The fraction of sp³-hybridized carbons (Fsp3) is 0. The molecule has 0 atom stereocenters. The SMILES string of the molecule is N#Cc1c(F)cccc1N1C(=O)NC(=O)C1=O. The van der Waals surface area contributed by atoms with Crippen LogP contribution in [0.15, 0.2) is 18.2 Å². The molecular formula is C10H4FN3O3. The molecule has 1 aromatic carbocycles. The third-order valence-electron chi connectivity index (χ3n) is 2.17. The van der Waals surface area contributed by atoms with Gasteiger partial charge in [-0.1, -0.05) is 6.07 Å². The summed E-state index contributed by atoms with van der Waals surface area (Å²) in [6.45, 7) is 0. The first kappa shape index (κ1) is 10.8. The van der Waals surface area contributed by atoms with E-state index in [1.807, 2.05) is 0 Å². The van der Waals surface area contributed by atoms with Gasteiger partial charge in [0.05, 0.1) is 5.69 Å². The zero-order chi connectivity index (χ0) is 12.6. The summed E-state index contributed by atoms with van der Waals surface area (Å²) in [7, 11) is 0. The third-order valence-corrected chi connectivity index (χ3v) is 2.17. The number of nitriles is 1. The molecule has 1 aromatic rings. The second-order valence-electron chi connectivity index (χ2n) is 3.15. The number of rotatable bonds is 1. The Labute approximate surface area is 94.2 Å². The highest BCUT2D eigenvalue weighted by atomic mass is 19.1. The minimum atomic E-state index is -1.14. The van der Waals surface area contributed by atoms with Crippen LogP contribution in [0.2, 0.25) is 0 Å². The van der Waals surface area contributed by atoms with Gasteiger partial charge >= 0.3 is 17.8 Å². The summed E-state index contributed by atoms with van der Waals surface area (Å²) in [5, 5.41) is 10.5. The first-order chi connectivity index (χ1) is 8.06. The summed E-state index contributed by atoms with van der Waals surface area (Å²) in [5.74, 6) is -3.12. The van der Waals surface area contributed by atoms with Gasteiger partial charge in [-0.25, -0.2) is 14.1 Å². The summed E-state index contributed by atoms with van der Waals surface area (Å²) in [6, 6.07) is 3.99. The number of hydrogen-bond donors (Lipinski definition) is 1. The zero-order valence-corrected chi connectivity index (χ0v) is 8.23. The molecular weight excluding hydrogens is 229 g/mol. The molecule has 17 heavy (non-hydrogen) atoms. The Morgan fingerprint density at radius 2 is 2.00 bits per heavy atom. The number of nitrogens with zero attached hydrogens (tertiary/aromatic N) is 2. The zero-order valence-electron chi connectivity index (χ0n) is 8.23. The van der Waals surface area contributed by atoms with Crippen molar-refractivity contribution >= 4 is 23.5 Å². The highest BCUT2D eigenvalue weighted by Gasteiger charge is 2.39. The largest absolute Gasteiger partial charge is 0.336 e. The second-order valence-corrected chi connectivity index (χ2v) is 3.15. The number of imide groups is 2. The molecule has 0 saturated carbocycles. The normalized spacial score (nSPS) is 14.8. The van der Waals surface area contributed by atoms with Gasteiger partial charge in [-0.15, -0.1) is 0 Å². The number of carbonyl (C=O) groups excluding carboxylic acids is 3. The van der Waals surface area contributed by atoms with Gasteiger partial charge in [0.1, 0.15) is 17.4 Å². The van der Waals surface area contributed by atoms with E-state index in [1.54, 1.807) is 5.32 Å². The van der Waals surface area contributed by atoms with Gasteiger partial charge < -0.3 is 0 Å². The molecule has 2 rings (SSSR count). The lowest BCUT2D eigenvalue weighted by Crippen LogP contribution is -2.31. The van der Waals surface area contributed by atoms with E-state index in [1.165, 1.54) is 18.2 Å². The molecule has 1 N–H and O–H groups in total. The quantitative estimate of drug-likeness (QED) is 0.557. The molecule has 1 aliphatic heterocycles. The number of nitrogens with one attached hydrogen (secondary N) is 1. The van der Waals surface area contributed by atoms with Crippen molar-refractivity contribution in [1.29, 1.82) is 5.26 Å². The average Bonchev–Trinajstić information content (AvgIpc) is 2.53. The van der Waals surface area contributed by atoms with Crippen LogP contribution in [-0.2, 0) is 9.59 Å². The number of benzene rings is 1. The summed E-state index contributed by atoms with van der Waals surface area (Å²) in [4.78, 5) is 34.1. The molecule has 0 unspecified atom stereocenters. The molecule has 1 heterocycles. The molecule has 84 valence electrons. The van der Waals surface area contributed by atoms with Gasteiger partial charge in [0.2, 0.25) is 0 Å². The van der Waals surface area contributed by atoms with Gasteiger partial charge in [0.25, 0.3) is 0 Å². The Bertz CT molecular complexity index is 591. The van der Waals surface area contributed by atoms with Gasteiger partial charge in [-0.3, -0.25) is 14.9 Å². The third kappa shape index (κ3) is 1.52. The van der Waals surface area contributed by atoms with Gasteiger partial charge in [0.15, 0.2) is 0 Å². The van der Waals surface area contributed by atoms with Crippen molar-refractivity contribution in [2.45, 2.75) is 0 Å². The van der Waals surface area contributed by atoms with Crippen LogP contribution in [0.5, 0.6) is 0 Å². The molecule has 7 heteroatoms. The van der Waals surface area contributed by atoms with Crippen molar-refractivity contribution < 1.29 is 18.8 Å². The van der Waals surface area contributed by atoms with E-state index in [0.29, 0.717) is 4.90 Å². The summed E-state index contributed by atoms with van der Waals surface area (Å²) >= 11 is 0. The van der Waals surface area contributed by atoms with Gasteiger partial charge in [-0.2, -0.15) is 5.26 Å². The van der Waals surface area contributed by atoms with E-state index in [9.17, 15) is 18.8 Å². The molecule has 0 spiro atoms. The average molecular weight is 233 g/mol. The lowest BCUT2D eigenvalue weighted by molar-refractivity contribution is -0.134. The molecule has 1 aliphatic rings. The Morgan fingerprint density at radius 1 is 1.29 bits per heavy atom. The molecule has 0 radical (unpaired) electrons. The number of amides is 4. The fourth-order valence-corrected chi connectivity index (χ4v) is 1.43. The molecule has 1 fully saturated rings. The number of halogens is 1. The predicted molar refractivity (Wildman–Crippen MR) is 52.1 cm³/mol. The van der Waals surface area contributed by atoms with Crippen LogP contribution in [0.1, 0.15) is 5.56 Å². The first-order valence-corrected chi connectivity index (χ1v) is 4.44. The lowest BCUT2D eigenvalue weighted by Gasteiger charge is -2.12. The Morgan fingerprint density at radius 3 is 2.53 bits per heavy atom. The number of carbonyl (C=O) groups is 3. The van der Waals surface area contributed by atoms with Crippen LogP contribution in [0.3, 0.4) is 0 Å². The van der Waals surface area contributed by atoms with Crippen LogP contribution < -0.4 is 10.2 Å². The van der Waals surface area contributed by atoms with Crippen molar-refractivity contribution in [1.82, 2.24) is 5.32 Å². The summed E-state index contributed by atoms with van der Waals surface area (Å²) in [5.41, 5.74) is -0.716. The van der Waals surface area contributed by atoms with Gasteiger partial charge in [0, 0.05) is 0 Å². The van der Waals surface area contributed by atoms with Crippen LogP contribution in [0.4, 0.5) is 14.9 Å². The van der Waals surface area contributed by atoms with Crippen LogP contribution in [-0.4, -0.2) is 17.8 Å². The van der Waals surface area contributed by atoms with Crippen molar-refractivity contribution in [3.63, 3.8) is 0 Å². The van der Waals surface area contributed by atoms with Gasteiger partial charge in [-0.05, 0) is 12.1 Å². The Kier molecular flexibility index (Phi) is 2.33. The van der Waals surface area contributed by atoms with Crippen molar-refractivity contribution in [3.8, 4) is 6.07 Å². The van der Waals surface area contributed by atoms with Crippen LogP contribution in [0, 0.1) is 17.1 Å². The minimum Gasteiger partial charge on any atom is -0.269 e. The molecule has 0 aliphatic carbocycles. The van der Waals surface area contributed by atoms with E-state index < -0.39 is 29.2 Å². The topological polar surface area (TPSA) is 90.3 Å². The smallest absolute Gasteiger partial charge is 0.269 e. The fourth-order valence-electron chi connectivity index (χ4n) is 1.43. The number of anilines is 1. The number of hydrogen-bond acceptors (Lipinski definition) is 4. The first-order valence-electron chi connectivity index (χ1n) is 4.44. The van der Waals surface area contributed by atoms with E-state index >= 15 is 0 Å². The maximum absolute atomic E-state index is 13.3. The lowest BCUT2D eigenvalue weighted by atomic mass is 10.1. The van der Waals surface area contributed by atoms with Crippen molar-refractivity contribution in [3.05, 3.63) is 29.6 Å². The minimum absolute atomic E-state index is 0.249. The van der Waals surface area contributed by atoms with Crippen molar-refractivity contribution in [2.24, 2.45) is 0 Å². The van der Waals surface area contributed by atoms with Crippen LogP contribution >= 0.6 is 0 Å². The van der Waals surface area contributed by atoms with E-state index in [4.69, 9.17) is 5.26 Å². The van der Waals surface area contributed by atoms with E-state index in [-0.39, 0.29) is 5.69 Å². The maximum Gasteiger partial charge on any atom is 0.336 e. The molecule has 1 saturated heterocycles. The van der Waals surface area contributed by atoms with E-state index in [0.717, 1.165) is 6.07 Å². The van der Waals surface area contributed by atoms with E-state index in [2.05, 4.69) is 0 Å². The molecule has 4 amide bonds. The van der Waals surface area contributed by atoms with Crippen LogP contribution in [0.25, 0.3) is 0 Å². The van der Waals surface area contributed by atoms with Crippen molar-refractivity contribution in [2.75, 3.05) is 4.90 Å². The Hall–Kier alpha value is -2.75. The molecule has 6 nitrogen and oxygen atoms in total. The molecule has 0 aromatic heterocycles. The second kappa shape index (κ2) is 3.68. The monoisotopic (exact) mass is 233 g/mol. The summed E-state index contributed by atoms with van der Waals surface area (Å²) < 4.78 is 13.3. The highest BCUT2D eigenvalue weighted by Crippen LogP contribution is 2.24. The highest BCUT2D eigenvalue weighted by molar-refractivity contribution is 6.53. The molecule has 0 bridgehead atoms. The maximum atomic E-state index is 13.3. The summed E-state index contributed by atoms with van der Waals surface area (Å²) in [6.07, 6.45) is 0. The number of urea groups is 1. The predicted octanol–water partition coefficient (Wildman–Crippen LogP) is 0.280.